The van der Waals surface area contributed by atoms with Crippen LogP contribution < -0.4 is 0 Å². The van der Waals surface area contributed by atoms with Crippen LogP contribution in [0.25, 0.3) is 0 Å². The van der Waals surface area contributed by atoms with Crippen LogP contribution in [0.1, 0.15) is 58.8 Å². The molecule has 0 heterocycles. The molecule has 4 heteroatoms. The van der Waals surface area contributed by atoms with E-state index in [1.807, 2.05) is 6.92 Å². The normalized spacial score (nSPS) is 11.5. The van der Waals surface area contributed by atoms with Crippen LogP contribution in [-0.2, 0) is 4.79 Å². The molecule has 0 aliphatic heterocycles. The molecule has 0 spiro atoms. The van der Waals surface area contributed by atoms with Gasteiger partial charge in [0.2, 0.25) is 0 Å². The maximum atomic E-state index is 9.96. The summed E-state index contributed by atoms with van der Waals surface area (Å²) in [4.78, 5) is 9.96. The molecule has 0 fully saturated rings. The third-order valence-corrected chi connectivity index (χ3v) is 2.41. The van der Waals surface area contributed by atoms with E-state index >= 15 is 0 Å². The van der Waals surface area contributed by atoms with E-state index in [0.29, 0.717) is 12.3 Å². The van der Waals surface area contributed by atoms with Gasteiger partial charge in [-0.1, -0.05) is 33.1 Å². The highest BCUT2D eigenvalue weighted by Gasteiger charge is 1.96. The lowest BCUT2D eigenvalue weighted by Gasteiger charge is -2.03. The highest BCUT2D eigenvalue weighted by Crippen LogP contribution is 2.02. The van der Waals surface area contributed by atoms with Crippen molar-refractivity contribution in [3.63, 3.8) is 0 Å². The second kappa shape index (κ2) is 15.4. The van der Waals surface area contributed by atoms with Crippen molar-refractivity contribution < 1.29 is 20.1 Å². The number of aliphatic hydroxyl groups excluding tert-OH is 2. The summed E-state index contributed by atoms with van der Waals surface area (Å²) in [5.41, 5.74) is 0. The van der Waals surface area contributed by atoms with E-state index in [0.717, 1.165) is 32.1 Å². The van der Waals surface area contributed by atoms with E-state index in [4.69, 9.17) is 15.3 Å². The van der Waals surface area contributed by atoms with Crippen molar-refractivity contribution in [3.8, 4) is 0 Å². The van der Waals surface area contributed by atoms with Crippen LogP contribution in [0.3, 0.4) is 0 Å². The molecular formula is C13H28O4. The average molecular weight is 248 g/mol. The fourth-order valence-corrected chi connectivity index (χ4v) is 1.23. The third kappa shape index (κ3) is 21.3. The first-order chi connectivity index (χ1) is 8.08. The molecule has 0 saturated heterocycles. The van der Waals surface area contributed by atoms with Crippen molar-refractivity contribution in [3.05, 3.63) is 0 Å². The predicted octanol–water partition coefficient (Wildman–Crippen LogP) is 2.43. The molecule has 0 aliphatic rings. The molecule has 4 nitrogen and oxygen atoms in total. The molecule has 0 aromatic rings. The number of carboxylic acid groups (broad SMARTS) is 1. The van der Waals surface area contributed by atoms with E-state index in [-0.39, 0.29) is 13.2 Å². The molecule has 104 valence electrons. The zero-order chi connectivity index (χ0) is 13.5. The largest absolute Gasteiger partial charge is 0.481 e. The van der Waals surface area contributed by atoms with E-state index in [1.165, 1.54) is 6.42 Å². The standard InChI is InChI=1S/C7H14O2.C6H14O2/c1-2-3-4-5-6-7(8)9;1-6(5-8)3-2-4-7/h2-6H2,1H3,(H,8,9);6-8H,2-5H2,1H3. The van der Waals surface area contributed by atoms with Crippen LogP contribution in [0.2, 0.25) is 0 Å². The lowest BCUT2D eigenvalue weighted by Crippen LogP contribution is -2.00. The second-order valence-corrected chi connectivity index (χ2v) is 4.36. The van der Waals surface area contributed by atoms with Gasteiger partial charge in [0, 0.05) is 19.6 Å². The van der Waals surface area contributed by atoms with Gasteiger partial charge in [-0.3, -0.25) is 4.79 Å². The molecule has 0 aromatic carbocycles. The van der Waals surface area contributed by atoms with Gasteiger partial charge in [-0.25, -0.2) is 0 Å². The summed E-state index contributed by atoms with van der Waals surface area (Å²) >= 11 is 0. The van der Waals surface area contributed by atoms with E-state index in [1.54, 1.807) is 0 Å². The monoisotopic (exact) mass is 248 g/mol. The minimum absolute atomic E-state index is 0.236. The smallest absolute Gasteiger partial charge is 0.303 e. The van der Waals surface area contributed by atoms with Gasteiger partial charge in [-0.15, -0.1) is 0 Å². The van der Waals surface area contributed by atoms with Gasteiger partial charge in [0.05, 0.1) is 0 Å². The Kier molecular flexibility index (Phi) is 17.0. The lowest BCUT2D eigenvalue weighted by atomic mass is 10.1. The third-order valence-electron chi connectivity index (χ3n) is 2.41. The fourth-order valence-electron chi connectivity index (χ4n) is 1.23. The first-order valence-corrected chi connectivity index (χ1v) is 6.51. The highest BCUT2D eigenvalue weighted by atomic mass is 16.4. The first-order valence-electron chi connectivity index (χ1n) is 6.51. The maximum Gasteiger partial charge on any atom is 0.303 e. The average Bonchev–Trinajstić information content (AvgIpc) is 2.32. The van der Waals surface area contributed by atoms with Crippen LogP contribution in [0.4, 0.5) is 0 Å². The molecule has 0 saturated carbocycles. The Morgan fingerprint density at radius 2 is 1.76 bits per heavy atom. The predicted molar refractivity (Wildman–Crippen MR) is 69.0 cm³/mol. The van der Waals surface area contributed by atoms with Crippen molar-refractivity contribution in [2.75, 3.05) is 13.2 Å². The molecule has 0 amide bonds. The molecule has 0 aromatic heterocycles. The van der Waals surface area contributed by atoms with Crippen molar-refractivity contribution in [2.45, 2.75) is 58.8 Å². The van der Waals surface area contributed by atoms with Crippen molar-refractivity contribution in [1.82, 2.24) is 0 Å². The first kappa shape index (κ1) is 18.7. The molecule has 0 radical (unpaired) electrons. The Morgan fingerprint density at radius 1 is 1.12 bits per heavy atom. The Labute approximate surface area is 105 Å². The molecule has 0 bridgehead atoms. The number of carbonyl (C=O) groups is 1. The summed E-state index contributed by atoms with van der Waals surface area (Å²) in [6.45, 7) is 4.56. The Bertz CT molecular complexity index is 159. The molecular weight excluding hydrogens is 220 g/mol. The number of hydrogen-bond acceptors (Lipinski definition) is 3. The van der Waals surface area contributed by atoms with Crippen LogP contribution >= 0.6 is 0 Å². The molecule has 0 rings (SSSR count). The number of aliphatic hydroxyl groups is 2. The van der Waals surface area contributed by atoms with Crippen LogP contribution in [0, 0.1) is 5.92 Å². The van der Waals surface area contributed by atoms with Crippen LogP contribution in [0.5, 0.6) is 0 Å². The zero-order valence-electron chi connectivity index (χ0n) is 11.2. The molecule has 1 atom stereocenters. The number of aliphatic carboxylic acids is 1. The topological polar surface area (TPSA) is 77.8 Å². The second-order valence-electron chi connectivity index (χ2n) is 4.36. The summed E-state index contributed by atoms with van der Waals surface area (Å²) in [5, 5.41) is 25.0. The van der Waals surface area contributed by atoms with Gasteiger partial charge >= 0.3 is 5.97 Å². The highest BCUT2D eigenvalue weighted by molar-refractivity contribution is 5.66. The van der Waals surface area contributed by atoms with Crippen LogP contribution in [0.15, 0.2) is 0 Å². The van der Waals surface area contributed by atoms with Gasteiger partial charge in [-0.05, 0) is 25.2 Å². The molecule has 1 unspecified atom stereocenters. The Morgan fingerprint density at radius 3 is 2.18 bits per heavy atom. The number of rotatable bonds is 9. The summed E-state index contributed by atoms with van der Waals surface area (Å²) in [7, 11) is 0. The number of carboxylic acids is 1. The summed E-state index contributed by atoms with van der Waals surface area (Å²) in [6, 6.07) is 0. The van der Waals surface area contributed by atoms with Crippen molar-refractivity contribution in [2.24, 2.45) is 5.92 Å². The molecule has 17 heavy (non-hydrogen) atoms. The quantitative estimate of drug-likeness (QED) is 0.548. The molecule has 3 N–H and O–H groups in total. The van der Waals surface area contributed by atoms with E-state index in [2.05, 4.69) is 6.92 Å². The number of unbranched alkanes of at least 4 members (excludes halogenated alkanes) is 3. The maximum absolute atomic E-state index is 9.96. The summed E-state index contributed by atoms with van der Waals surface area (Å²) in [6.07, 6.45) is 6.29. The minimum atomic E-state index is -0.675. The lowest BCUT2D eigenvalue weighted by molar-refractivity contribution is -0.137. The zero-order valence-corrected chi connectivity index (χ0v) is 11.2. The fraction of sp³-hybridized carbons (Fsp3) is 0.923. The number of hydrogen-bond donors (Lipinski definition) is 3. The van der Waals surface area contributed by atoms with Crippen molar-refractivity contribution in [1.29, 1.82) is 0 Å². The van der Waals surface area contributed by atoms with Gasteiger partial charge in [-0.2, -0.15) is 0 Å². The summed E-state index contributed by atoms with van der Waals surface area (Å²) < 4.78 is 0. The van der Waals surface area contributed by atoms with Crippen molar-refractivity contribution >= 4 is 5.97 Å². The van der Waals surface area contributed by atoms with Gasteiger partial charge in [0.25, 0.3) is 0 Å². The Balaban J connectivity index is 0. The van der Waals surface area contributed by atoms with Gasteiger partial charge < -0.3 is 15.3 Å². The minimum Gasteiger partial charge on any atom is -0.481 e. The van der Waals surface area contributed by atoms with Gasteiger partial charge in [0.1, 0.15) is 0 Å². The Hall–Kier alpha value is -0.610. The van der Waals surface area contributed by atoms with Gasteiger partial charge in [0.15, 0.2) is 0 Å². The van der Waals surface area contributed by atoms with E-state index < -0.39 is 5.97 Å². The summed E-state index contributed by atoms with van der Waals surface area (Å²) in [5.74, 6) is -0.326. The van der Waals surface area contributed by atoms with E-state index in [9.17, 15) is 4.79 Å². The molecule has 0 aliphatic carbocycles. The van der Waals surface area contributed by atoms with Crippen LogP contribution in [-0.4, -0.2) is 34.5 Å². The SMILES string of the molecule is CC(CO)CCCO.CCCCCCC(=O)O.